The van der Waals surface area contributed by atoms with Gasteiger partial charge in [-0.25, -0.2) is 0 Å². The van der Waals surface area contributed by atoms with Gasteiger partial charge in [0.25, 0.3) is 0 Å². The van der Waals surface area contributed by atoms with Crippen molar-refractivity contribution in [3.05, 3.63) is 130 Å². The monoisotopic (exact) mass is 983 g/mol. The molecule has 8 heteroatoms. The predicted molar refractivity (Wildman–Crippen MR) is 296 cm³/mol. The lowest BCUT2D eigenvalue weighted by atomic mass is 9.71. The molecule has 4 N–H and O–H groups in total. The fraction of sp³-hybridized carbons (Fsp3) is 0.635. The minimum Gasteiger partial charge on any atom is -0.463 e. The molecule has 1 heterocycles. The van der Waals surface area contributed by atoms with Crippen LogP contribution in [0.4, 0.5) is 0 Å². The molecular formula is C63H98O8. The van der Waals surface area contributed by atoms with E-state index >= 15 is 0 Å². The van der Waals surface area contributed by atoms with Gasteiger partial charge in [0.2, 0.25) is 0 Å². The van der Waals surface area contributed by atoms with Crippen molar-refractivity contribution < 1.29 is 39.4 Å². The van der Waals surface area contributed by atoms with Crippen molar-refractivity contribution in [3.8, 4) is 0 Å². The molecule has 0 aromatic rings. The summed E-state index contributed by atoms with van der Waals surface area (Å²) >= 11 is 0. The molecular weight excluding hydrogens is 885 g/mol. The molecule has 5 unspecified atom stereocenters. The topological polar surface area (TPSA) is 126 Å². The van der Waals surface area contributed by atoms with Gasteiger partial charge in [-0.1, -0.05) is 231 Å². The average Bonchev–Trinajstić information content (AvgIpc) is 3.27. The van der Waals surface area contributed by atoms with Crippen molar-refractivity contribution in [3.63, 3.8) is 0 Å². The van der Waals surface area contributed by atoms with E-state index < -0.39 is 30.7 Å². The first-order valence-corrected chi connectivity index (χ1v) is 27.3. The van der Waals surface area contributed by atoms with Gasteiger partial charge in [0.05, 0.1) is 12.2 Å². The lowest BCUT2D eigenvalue weighted by Gasteiger charge is -2.43. The lowest BCUT2D eigenvalue weighted by molar-refractivity contribution is -0.313. The normalized spacial score (nSPS) is 26.2. The molecule has 398 valence electrons. The van der Waals surface area contributed by atoms with E-state index in [0.717, 1.165) is 54.7 Å². The summed E-state index contributed by atoms with van der Waals surface area (Å²) < 4.78 is 17.8. The van der Waals surface area contributed by atoms with Crippen LogP contribution in [0.1, 0.15) is 192 Å². The van der Waals surface area contributed by atoms with Crippen molar-refractivity contribution in [1.82, 2.24) is 0 Å². The number of esters is 1. The number of hydrogen-bond donors (Lipinski definition) is 4. The van der Waals surface area contributed by atoms with Crippen LogP contribution in [0.25, 0.3) is 0 Å². The van der Waals surface area contributed by atoms with Gasteiger partial charge >= 0.3 is 5.97 Å². The zero-order valence-electron chi connectivity index (χ0n) is 46.4. The quantitative estimate of drug-likeness (QED) is 0.0347. The molecule has 1 saturated heterocycles. The molecule has 0 aromatic heterocycles. The highest BCUT2D eigenvalue weighted by Gasteiger charge is 2.46. The van der Waals surface area contributed by atoms with Crippen LogP contribution in [0.15, 0.2) is 130 Å². The van der Waals surface area contributed by atoms with Gasteiger partial charge < -0.3 is 34.6 Å². The second kappa shape index (κ2) is 31.8. The maximum absolute atomic E-state index is 12.6. The first-order chi connectivity index (χ1) is 33.6. The Morgan fingerprint density at radius 2 is 1.06 bits per heavy atom. The Morgan fingerprint density at radius 1 is 0.606 bits per heavy atom. The minimum atomic E-state index is -1.50. The van der Waals surface area contributed by atoms with Crippen LogP contribution >= 0.6 is 0 Å². The van der Waals surface area contributed by atoms with Crippen LogP contribution in [0, 0.1) is 16.7 Å². The van der Waals surface area contributed by atoms with Crippen LogP contribution < -0.4 is 0 Å². The summed E-state index contributed by atoms with van der Waals surface area (Å²) in [4.78, 5) is 12.6. The van der Waals surface area contributed by atoms with Crippen LogP contribution in [0.2, 0.25) is 0 Å². The first kappa shape index (κ1) is 61.7. The summed E-state index contributed by atoms with van der Waals surface area (Å²) in [5, 5.41) is 42.5. The van der Waals surface area contributed by atoms with Crippen molar-refractivity contribution in [2.45, 2.75) is 235 Å². The smallest absolute Gasteiger partial charge is 0.305 e. The molecule has 7 atom stereocenters. The third-order valence-corrected chi connectivity index (χ3v) is 14.3. The number of carbonyl (C=O) groups is 1. The second-order valence-electron chi connectivity index (χ2n) is 22.8. The number of rotatable bonds is 28. The SMILES string of the molecule is CC1=C(/C=C/C(C)=C/C=C/C(C)=C/C=C/C=C(C)/C=C/C=C(C)/C=C/C2=C(C)C[C@@H](OC3OC(COC(=O)CCCCCCCCCCCCCC(C)C)C(O)C(O)C3O)CC2(C)C)C(C)(C)C[C@H](O)C1. The van der Waals surface area contributed by atoms with Crippen LogP contribution in [-0.2, 0) is 19.0 Å². The molecule has 1 aliphatic heterocycles. The predicted octanol–water partition coefficient (Wildman–Crippen LogP) is 14.6. The van der Waals surface area contributed by atoms with Crippen LogP contribution in [0.3, 0.4) is 0 Å². The highest BCUT2D eigenvalue weighted by Crippen LogP contribution is 2.43. The molecule has 8 nitrogen and oxygen atoms in total. The zero-order chi connectivity index (χ0) is 52.6. The molecule has 1 fully saturated rings. The van der Waals surface area contributed by atoms with E-state index in [2.05, 4.69) is 168 Å². The fourth-order valence-electron chi connectivity index (χ4n) is 10.2. The lowest BCUT2D eigenvalue weighted by Crippen LogP contribution is -2.60. The first-order valence-electron chi connectivity index (χ1n) is 27.3. The van der Waals surface area contributed by atoms with E-state index in [-0.39, 0.29) is 35.6 Å². The van der Waals surface area contributed by atoms with Crippen molar-refractivity contribution >= 4 is 5.97 Å². The summed E-state index contributed by atoms with van der Waals surface area (Å²) in [5.74, 6) is 0.453. The van der Waals surface area contributed by atoms with Gasteiger partial charge in [-0.05, 0) is 102 Å². The summed E-state index contributed by atoms with van der Waals surface area (Å²) in [5.41, 5.74) is 9.33. The van der Waals surface area contributed by atoms with Gasteiger partial charge in [-0.3, -0.25) is 4.79 Å². The Morgan fingerprint density at radius 3 is 1.55 bits per heavy atom. The fourth-order valence-corrected chi connectivity index (χ4v) is 10.2. The molecule has 0 spiro atoms. The largest absolute Gasteiger partial charge is 0.463 e. The van der Waals surface area contributed by atoms with Crippen LogP contribution in [0.5, 0.6) is 0 Å². The van der Waals surface area contributed by atoms with E-state index in [1.54, 1.807) is 0 Å². The molecule has 0 bridgehead atoms. The summed E-state index contributed by atoms with van der Waals surface area (Å²) in [7, 11) is 0. The number of ether oxygens (including phenoxy) is 3. The Hall–Kier alpha value is -3.63. The molecule has 71 heavy (non-hydrogen) atoms. The number of unbranched alkanes of at least 4 members (excludes halogenated alkanes) is 10. The maximum atomic E-state index is 12.6. The van der Waals surface area contributed by atoms with Crippen molar-refractivity contribution in [2.75, 3.05) is 6.61 Å². The van der Waals surface area contributed by atoms with Gasteiger partial charge in [0.15, 0.2) is 6.29 Å². The Bertz CT molecular complexity index is 1990. The van der Waals surface area contributed by atoms with E-state index in [4.69, 9.17) is 14.2 Å². The number of hydrogen-bond acceptors (Lipinski definition) is 8. The van der Waals surface area contributed by atoms with E-state index in [0.29, 0.717) is 19.3 Å². The number of aliphatic hydroxyl groups is 4. The molecule has 0 aromatic carbocycles. The Balaban J connectivity index is 1.42. The third-order valence-electron chi connectivity index (χ3n) is 14.3. The minimum absolute atomic E-state index is 0.0231. The highest BCUT2D eigenvalue weighted by molar-refractivity contribution is 5.69. The second-order valence-corrected chi connectivity index (χ2v) is 22.8. The summed E-state index contributed by atoms with van der Waals surface area (Å²) in [6.07, 6.45) is 40.2. The van der Waals surface area contributed by atoms with Gasteiger partial charge in [-0.2, -0.15) is 0 Å². The van der Waals surface area contributed by atoms with Gasteiger partial charge in [0.1, 0.15) is 31.0 Å². The van der Waals surface area contributed by atoms with E-state index in [1.165, 1.54) is 85.7 Å². The molecule has 0 radical (unpaired) electrons. The molecule has 0 amide bonds. The molecule has 2 aliphatic carbocycles. The van der Waals surface area contributed by atoms with Gasteiger partial charge in [0, 0.05) is 6.42 Å². The van der Waals surface area contributed by atoms with Crippen molar-refractivity contribution in [1.29, 1.82) is 0 Å². The number of allylic oxidation sites excluding steroid dienone is 20. The Kier molecular flexibility index (Phi) is 27.7. The maximum Gasteiger partial charge on any atom is 0.305 e. The standard InChI is InChI=1S/C63H98O8/c1-45(2)28-22-20-18-16-14-13-15-17-19-21-23-35-57(65)69-44-56-58(66)59(67)60(68)61(71-56)70-53-41-51(8)55(63(11,12)43-53)39-37-49(6)34-27-32-47(4)30-25-24-29-46(3)31-26-33-48(5)36-38-54-50(7)40-52(64)42-62(54,9)10/h24-27,29-34,36-39,45,52-53,56,58-61,64,66-68H,13-23,28,35,40-44H2,1-12H3/b25-24+,31-26+,32-27+,38-36+,39-37+,46-29+,47-30+,48-33+,49-34+/t52-,53-,56?,58?,59?,60?,61?/m1/s1. The Labute approximate surface area is 431 Å². The molecule has 0 saturated carbocycles. The molecule has 3 aliphatic rings. The van der Waals surface area contributed by atoms with Gasteiger partial charge in [-0.15, -0.1) is 0 Å². The average molecular weight is 983 g/mol. The van der Waals surface area contributed by atoms with Crippen molar-refractivity contribution in [2.24, 2.45) is 16.7 Å². The van der Waals surface area contributed by atoms with Crippen LogP contribution in [-0.4, -0.2) is 75.9 Å². The molecule has 3 rings (SSSR count). The summed E-state index contributed by atoms with van der Waals surface area (Å²) in [6, 6.07) is 0. The highest BCUT2D eigenvalue weighted by atomic mass is 16.7. The zero-order valence-corrected chi connectivity index (χ0v) is 46.4. The van der Waals surface area contributed by atoms with E-state index in [1.807, 2.05) is 0 Å². The number of carbonyl (C=O) groups excluding carboxylic acids is 1. The van der Waals surface area contributed by atoms with E-state index in [9.17, 15) is 25.2 Å². The third kappa shape index (κ3) is 23.4. The summed E-state index contributed by atoms with van der Waals surface area (Å²) in [6.45, 7) is 25.7. The number of aliphatic hydroxyl groups excluding tert-OH is 4.